The second kappa shape index (κ2) is 4.36. The van der Waals surface area contributed by atoms with Crippen LogP contribution in [0.3, 0.4) is 0 Å². The van der Waals surface area contributed by atoms with Gasteiger partial charge < -0.3 is 4.74 Å². The van der Waals surface area contributed by atoms with E-state index in [1.807, 2.05) is 0 Å². The lowest BCUT2D eigenvalue weighted by Crippen LogP contribution is -2.14. The molecule has 3 nitrogen and oxygen atoms in total. The van der Waals surface area contributed by atoms with E-state index in [1.165, 1.54) is 0 Å². The van der Waals surface area contributed by atoms with Crippen molar-refractivity contribution in [1.82, 2.24) is 0 Å². The predicted octanol–water partition coefficient (Wildman–Crippen LogP) is 2.76. The van der Waals surface area contributed by atoms with Crippen molar-refractivity contribution in [3.63, 3.8) is 0 Å². The van der Waals surface area contributed by atoms with E-state index in [0.717, 1.165) is 7.11 Å². The molecule has 0 saturated carbocycles. The molecular weight excluding hydrogens is 236 g/mol. The maximum Gasteiger partial charge on any atom is 0.434 e. The minimum atomic E-state index is -1.88. The predicted molar refractivity (Wildman–Crippen MR) is 46.0 cm³/mol. The number of carbonyl (C=O) groups excluding carboxylic acids is 1. The molecule has 1 amide bonds. The van der Waals surface area contributed by atoms with Gasteiger partial charge in [0.15, 0.2) is 5.17 Å². The van der Waals surface area contributed by atoms with E-state index >= 15 is 0 Å². The van der Waals surface area contributed by atoms with Crippen LogP contribution >= 0.6 is 46.4 Å². The summed E-state index contributed by atoms with van der Waals surface area (Å²) in [7, 11) is 1.13. The molecule has 0 aromatic carbocycles. The molecule has 0 atom stereocenters. The van der Waals surface area contributed by atoms with Gasteiger partial charge in [-0.3, -0.25) is 0 Å². The van der Waals surface area contributed by atoms with Crippen LogP contribution in [0.5, 0.6) is 0 Å². The molecule has 0 fully saturated rings. The Labute approximate surface area is 83.2 Å². The Bertz CT molecular complexity index is 185. The molecule has 0 aliphatic rings. The summed E-state index contributed by atoms with van der Waals surface area (Å²) in [5.74, 6) is 0. The molecule has 64 valence electrons. The van der Waals surface area contributed by atoms with E-state index in [-0.39, 0.29) is 0 Å². The molecule has 0 aromatic heterocycles. The highest BCUT2D eigenvalue weighted by Crippen LogP contribution is 2.29. The second-order valence-electron chi connectivity index (χ2n) is 1.37. The molecule has 0 rings (SSSR count). The van der Waals surface area contributed by atoms with Crippen LogP contribution in [0, 0.1) is 0 Å². The zero-order chi connectivity index (χ0) is 9.07. The van der Waals surface area contributed by atoms with E-state index in [2.05, 4.69) is 9.73 Å². The topological polar surface area (TPSA) is 38.7 Å². The third-order valence-corrected chi connectivity index (χ3v) is 1.79. The number of amides is 1. The van der Waals surface area contributed by atoms with Gasteiger partial charge in [0.1, 0.15) is 0 Å². The number of hydrogen-bond acceptors (Lipinski definition) is 2. The normalized spacial score (nSPS) is 13.0. The number of alkyl halides is 3. The monoisotopic (exact) mass is 237 g/mol. The Morgan fingerprint density at radius 1 is 1.45 bits per heavy atom. The Morgan fingerprint density at radius 3 is 2.18 bits per heavy atom. The molecule has 0 saturated heterocycles. The van der Waals surface area contributed by atoms with Crippen LogP contribution in [0.15, 0.2) is 4.99 Å². The van der Waals surface area contributed by atoms with Gasteiger partial charge in [-0.05, 0) is 0 Å². The van der Waals surface area contributed by atoms with E-state index < -0.39 is 15.1 Å². The molecule has 0 N–H and O–H groups in total. The summed E-state index contributed by atoms with van der Waals surface area (Å²) in [5.41, 5.74) is 0. The molecule has 0 heterocycles. The average molecular weight is 239 g/mol. The fourth-order valence-electron chi connectivity index (χ4n) is 0.189. The van der Waals surface area contributed by atoms with Crippen molar-refractivity contribution in [2.75, 3.05) is 7.11 Å². The molecule has 0 spiro atoms. The van der Waals surface area contributed by atoms with Gasteiger partial charge in [-0.25, -0.2) is 4.79 Å². The maximum absolute atomic E-state index is 10.4. The number of rotatable bonds is 0. The SMILES string of the molecule is COC(=O)N=C(Cl)C(Cl)(Cl)Cl. The Kier molecular flexibility index (Phi) is 4.48. The fraction of sp³-hybridized carbons (Fsp3) is 0.500. The summed E-state index contributed by atoms with van der Waals surface area (Å²) in [4.78, 5) is 13.5. The largest absolute Gasteiger partial charge is 0.451 e. The van der Waals surface area contributed by atoms with Gasteiger partial charge >= 0.3 is 6.09 Å². The molecule has 0 radical (unpaired) electrons. The van der Waals surface area contributed by atoms with Crippen LogP contribution in [0.1, 0.15) is 0 Å². The molecule has 11 heavy (non-hydrogen) atoms. The number of aliphatic imine (C=N–C) groups is 1. The molecular formula is C4H3Cl4NO2. The lowest BCUT2D eigenvalue weighted by atomic mass is 10.8. The van der Waals surface area contributed by atoms with Crippen LogP contribution < -0.4 is 0 Å². The third kappa shape index (κ3) is 4.69. The highest BCUT2D eigenvalue weighted by Gasteiger charge is 2.27. The summed E-state index contributed by atoms with van der Waals surface area (Å²) < 4.78 is 2.25. The first-order valence-electron chi connectivity index (χ1n) is 2.27. The fourth-order valence-corrected chi connectivity index (χ4v) is 0.385. The number of carbonyl (C=O) groups is 1. The Hall–Kier alpha value is 0.300. The van der Waals surface area contributed by atoms with Gasteiger partial charge in [0.25, 0.3) is 0 Å². The minimum Gasteiger partial charge on any atom is -0.451 e. The van der Waals surface area contributed by atoms with Crippen LogP contribution in [-0.2, 0) is 4.74 Å². The Balaban J connectivity index is 4.35. The van der Waals surface area contributed by atoms with Crippen molar-refractivity contribution in [3.8, 4) is 0 Å². The van der Waals surface area contributed by atoms with Gasteiger partial charge in [0.2, 0.25) is 3.79 Å². The van der Waals surface area contributed by atoms with Crippen LogP contribution in [-0.4, -0.2) is 22.2 Å². The van der Waals surface area contributed by atoms with Crippen molar-refractivity contribution in [1.29, 1.82) is 0 Å². The van der Waals surface area contributed by atoms with Crippen molar-refractivity contribution in [3.05, 3.63) is 0 Å². The zero-order valence-electron chi connectivity index (χ0n) is 5.28. The van der Waals surface area contributed by atoms with E-state index in [9.17, 15) is 4.79 Å². The molecule has 7 heteroatoms. The summed E-state index contributed by atoms with van der Waals surface area (Å²) >= 11 is 21.0. The molecule has 0 aromatic rings. The lowest BCUT2D eigenvalue weighted by molar-refractivity contribution is 0.182. The average Bonchev–Trinajstić information content (AvgIpc) is 1.85. The summed E-state index contributed by atoms with van der Waals surface area (Å²) in [6, 6.07) is 0. The first kappa shape index (κ1) is 11.3. The third-order valence-electron chi connectivity index (χ3n) is 0.598. The standard InChI is InChI=1S/C4H3Cl4NO2/c1-11-3(10)9-2(5)4(6,7)8/h1H3. The van der Waals surface area contributed by atoms with Crippen LogP contribution in [0.2, 0.25) is 0 Å². The van der Waals surface area contributed by atoms with Gasteiger partial charge in [0.05, 0.1) is 7.11 Å². The number of ether oxygens (including phenoxy) is 1. The van der Waals surface area contributed by atoms with Gasteiger partial charge in [-0.2, -0.15) is 4.99 Å². The summed E-state index contributed by atoms with van der Waals surface area (Å²) in [5, 5.41) is -0.450. The lowest BCUT2D eigenvalue weighted by Gasteiger charge is -2.05. The number of methoxy groups -OCH3 is 1. The van der Waals surface area contributed by atoms with E-state index in [0.29, 0.717) is 0 Å². The van der Waals surface area contributed by atoms with Gasteiger partial charge in [0, 0.05) is 0 Å². The first-order chi connectivity index (χ1) is 4.88. The van der Waals surface area contributed by atoms with Gasteiger partial charge in [-0.15, -0.1) is 0 Å². The molecule has 0 aliphatic heterocycles. The van der Waals surface area contributed by atoms with Crippen molar-refractivity contribution < 1.29 is 9.53 Å². The van der Waals surface area contributed by atoms with Crippen molar-refractivity contribution in [2.45, 2.75) is 3.79 Å². The van der Waals surface area contributed by atoms with Crippen LogP contribution in [0.25, 0.3) is 0 Å². The minimum absolute atomic E-state index is 0.450. The first-order valence-corrected chi connectivity index (χ1v) is 3.78. The number of halogens is 4. The highest BCUT2D eigenvalue weighted by atomic mass is 35.6. The number of hydrogen-bond donors (Lipinski definition) is 0. The van der Waals surface area contributed by atoms with Gasteiger partial charge in [-0.1, -0.05) is 46.4 Å². The van der Waals surface area contributed by atoms with Crippen LogP contribution in [0.4, 0.5) is 4.79 Å². The Morgan fingerprint density at radius 2 is 1.91 bits per heavy atom. The smallest absolute Gasteiger partial charge is 0.434 e. The van der Waals surface area contributed by atoms with E-state index in [1.54, 1.807) is 0 Å². The molecule has 0 aliphatic carbocycles. The maximum atomic E-state index is 10.4. The summed E-state index contributed by atoms with van der Waals surface area (Å²) in [6.45, 7) is 0. The quantitative estimate of drug-likeness (QED) is 0.481. The van der Waals surface area contributed by atoms with Crippen molar-refractivity contribution in [2.24, 2.45) is 4.99 Å². The molecule has 0 unspecified atom stereocenters. The van der Waals surface area contributed by atoms with Crippen molar-refractivity contribution >= 4 is 57.7 Å². The molecule has 0 bridgehead atoms. The number of nitrogens with zero attached hydrogens (tertiary/aromatic N) is 1. The highest BCUT2D eigenvalue weighted by molar-refractivity contribution is 6.89. The van der Waals surface area contributed by atoms with E-state index in [4.69, 9.17) is 46.4 Å². The zero-order valence-corrected chi connectivity index (χ0v) is 8.30. The second-order valence-corrected chi connectivity index (χ2v) is 4.01. The summed E-state index contributed by atoms with van der Waals surface area (Å²) in [6.07, 6.45) is -0.915.